The van der Waals surface area contributed by atoms with Crippen LogP contribution in [0.3, 0.4) is 0 Å². The quantitative estimate of drug-likeness (QED) is 0.691. The standard InChI is InChI=1S/C21H18N4O4/c1-13-6-8-14(9-7-13)18-22-17(24-29-18)12-25-19(26)21(23-20(25)27)10-11-28-16-5-3-2-4-15(16)21/h2-9H,10-12H2,1H3,(H,23,27)/t21-/m0/s1. The maximum atomic E-state index is 13.3. The van der Waals surface area contributed by atoms with Crippen LogP contribution in [-0.4, -0.2) is 33.6 Å². The van der Waals surface area contributed by atoms with Gasteiger partial charge in [0.05, 0.1) is 13.2 Å². The number of nitrogens with one attached hydrogen (secondary N) is 1. The number of para-hydroxylation sites is 1. The molecule has 8 nitrogen and oxygen atoms in total. The Bertz CT molecular complexity index is 1110. The first-order chi connectivity index (χ1) is 14.1. The van der Waals surface area contributed by atoms with E-state index in [1.165, 1.54) is 0 Å². The van der Waals surface area contributed by atoms with Gasteiger partial charge in [-0.15, -0.1) is 0 Å². The van der Waals surface area contributed by atoms with Crippen molar-refractivity contribution in [2.24, 2.45) is 0 Å². The van der Waals surface area contributed by atoms with Crippen molar-refractivity contribution < 1.29 is 18.8 Å². The number of aromatic nitrogens is 2. The molecule has 5 rings (SSSR count). The van der Waals surface area contributed by atoms with Gasteiger partial charge in [0.1, 0.15) is 5.75 Å². The highest BCUT2D eigenvalue weighted by atomic mass is 16.5. The summed E-state index contributed by atoms with van der Waals surface area (Å²) < 4.78 is 11.0. The molecule has 2 aliphatic rings. The minimum atomic E-state index is -1.12. The Kier molecular flexibility index (Phi) is 3.87. The minimum absolute atomic E-state index is 0.0647. The maximum Gasteiger partial charge on any atom is 0.325 e. The van der Waals surface area contributed by atoms with Gasteiger partial charge in [-0.2, -0.15) is 4.98 Å². The third kappa shape index (κ3) is 2.75. The van der Waals surface area contributed by atoms with Gasteiger partial charge in [0.2, 0.25) is 0 Å². The Hall–Kier alpha value is -3.68. The summed E-state index contributed by atoms with van der Waals surface area (Å²) in [6.45, 7) is 2.27. The number of amides is 3. The molecule has 0 aliphatic carbocycles. The number of carbonyl (C=O) groups is 2. The lowest BCUT2D eigenvalue weighted by Gasteiger charge is -2.33. The van der Waals surface area contributed by atoms with Crippen LogP contribution in [0.2, 0.25) is 0 Å². The van der Waals surface area contributed by atoms with E-state index < -0.39 is 11.6 Å². The van der Waals surface area contributed by atoms with Gasteiger partial charge in [-0.3, -0.25) is 9.69 Å². The zero-order chi connectivity index (χ0) is 20.0. The van der Waals surface area contributed by atoms with E-state index in [2.05, 4.69) is 15.5 Å². The predicted molar refractivity (Wildman–Crippen MR) is 102 cm³/mol. The number of ether oxygens (including phenoxy) is 1. The van der Waals surface area contributed by atoms with Crippen molar-refractivity contribution in [1.82, 2.24) is 20.4 Å². The Morgan fingerprint density at radius 3 is 2.76 bits per heavy atom. The topological polar surface area (TPSA) is 97.6 Å². The molecule has 3 heterocycles. The second-order valence-electron chi connectivity index (χ2n) is 7.20. The van der Waals surface area contributed by atoms with Crippen LogP contribution in [0.15, 0.2) is 53.1 Å². The molecule has 2 aliphatic heterocycles. The molecule has 29 heavy (non-hydrogen) atoms. The van der Waals surface area contributed by atoms with E-state index >= 15 is 0 Å². The number of fused-ring (bicyclic) bond motifs is 2. The summed E-state index contributed by atoms with van der Waals surface area (Å²) in [5.41, 5.74) is 1.45. The lowest BCUT2D eigenvalue weighted by atomic mass is 9.84. The first kappa shape index (κ1) is 17.4. The fourth-order valence-electron chi connectivity index (χ4n) is 3.79. The lowest BCUT2D eigenvalue weighted by molar-refractivity contribution is -0.133. The molecule has 0 radical (unpaired) electrons. The highest BCUT2D eigenvalue weighted by Crippen LogP contribution is 2.41. The normalized spacial score (nSPS) is 20.5. The summed E-state index contributed by atoms with van der Waals surface area (Å²) in [5.74, 6) is 0.884. The molecular formula is C21H18N4O4. The third-order valence-electron chi connectivity index (χ3n) is 5.32. The van der Waals surface area contributed by atoms with Crippen LogP contribution in [0.1, 0.15) is 23.4 Å². The van der Waals surface area contributed by atoms with Gasteiger partial charge in [0.25, 0.3) is 11.8 Å². The monoisotopic (exact) mass is 390 g/mol. The smallest absolute Gasteiger partial charge is 0.325 e. The number of hydrogen-bond acceptors (Lipinski definition) is 6. The highest BCUT2D eigenvalue weighted by molar-refractivity contribution is 6.07. The molecule has 2 aromatic carbocycles. The SMILES string of the molecule is Cc1ccc(-c2nc(CN3C(=O)N[C@]4(CCOc5ccccc54)C3=O)no2)cc1. The van der Waals surface area contributed by atoms with Gasteiger partial charge in [0.15, 0.2) is 11.4 Å². The zero-order valence-corrected chi connectivity index (χ0v) is 15.7. The number of imide groups is 1. The van der Waals surface area contributed by atoms with Crippen molar-refractivity contribution in [3.05, 3.63) is 65.5 Å². The van der Waals surface area contributed by atoms with Gasteiger partial charge in [-0.25, -0.2) is 4.79 Å². The number of urea groups is 1. The predicted octanol–water partition coefficient (Wildman–Crippen LogP) is 2.77. The van der Waals surface area contributed by atoms with Crippen molar-refractivity contribution in [3.8, 4) is 17.2 Å². The molecule has 1 saturated heterocycles. The molecular weight excluding hydrogens is 372 g/mol. The van der Waals surface area contributed by atoms with E-state index in [1.807, 2.05) is 43.3 Å². The Morgan fingerprint density at radius 2 is 1.93 bits per heavy atom. The summed E-state index contributed by atoms with van der Waals surface area (Å²) in [5, 5.41) is 6.80. The second-order valence-corrected chi connectivity index (χ2v) is 7.20. The Balaban J connectivity index is 1.42. The Morgan fingerprint density at radius 1 is 1.14 bits per heavy atom. The van der Waals surface area contributed by atoms with Crippen molar-refractivity contribution in [2.75, 3.05) is 6.61 Å². The van der Waals surface area contributed by atoms with Crippen molar-refractivity contribution in [1.29, 1.82) is 0 Å². The van der Waals surface area contributed by atoms with E-state index in [0.717, 1.165) is 16.0 Å². The molecule has 146 valence electrons. The van der Waals surface area contributed by atoms with E-state index in [1.54, 1.807) is 12.1 Å². The second kappa shape index (κ2) is 6.44. The largest absolute Gasteiger partial charge is 0.493 e. The third-order valence-corrected chi connectivity index (χ3v) is 5.32. The molecule has 1 atom stereocenters. The van der Waals surface area contributed by atoms with Gasteiger partial charge in [-0.05, 0) is 25.1 Å². The summed E-state index contributed by atoms with van der Waals surface area (Å²) in [7, 11) is 0. The first-order valence-electron chi connectivity index (χ1n) is 9.33. The average molecular weight is 390 g/mol. The van der Waals surface area contributed by atoms with Crippen molar-refractivity contribution >= 4 is 11.9 Å². The van der Waals surface area contributed by atoms with Crippen LogP contribution >= 0.6 is 0 Å². The minimum Gasteiger partial charge on any atom is -0.493 e. The fraction of sp³-hybridized carbons (Fsp3) is 0.238. The molecule has 1 aromatic heterocycles. The molecule has 0 saturated carbocycles. The van der Waals surface area contributed by atoms with E-state index in [9.17, 15) is 9.59 Å². The van der Waals surface area contributed by atoms with Crippen LogP contribution in [0.5, 0.6) is 5.75 Å². The molecule has 1 spiro atoms. The molecule has 1 N–H and O–H groups in total. The lowest BCUT2D eigenvalue weighted by Crippen LogP contribution is -2.47. The molecule has 1 fully saturated rings. The summed E-state index contributed by atoms with van der Waals surface area (Å²) in [4.78, 5) is 31.4. The number of hydrogen-bond donors (Lipinski definition) is 1. The summed E-state index contributed by atoms with van der Waals surface area (Å²) >= 11 is 0. The Labute approximate surface area is 166 Å². The van der Waals surface area contributed by atoms with Gasteiger partial charge >= 0.3 is 6.03 Å². The molecule has 8 heteroatoms. The van der Waals surface area contributed by atoms with Crippen LogP contribution in [0, 0.1) is 6.92 Å². The van der Waals surface area contributed by atoms with Crippen LogP contribution in [0.25, 0.3) is 11.5 Å². The van der Waals surface area contributed by atoms with Crippen LogP contribution < -0.4 is 10.1 Å². The average Bonchev–Trinajstić information content (AvgIpc) is 3.29. The summed E-state index contributed by atoms with van der Waals surface area (Å²) in [6.07, 6.45) is 0.367. The van der Waals surface area contributed by atoms with Gasteiger partial charge < -0.3 is 14.6 Å². The number of benzene rings is 2. The van der Waals surface area contributed by atoms with E-state index in [4.69, 9.17) is 9.26 Å². The maximum absolute atomic E-state index is 13.3. The van der Waals surface area contributed by atoms with Gasteiger partial charge in [0, 0.05) is 17.5 Å². The number of carbonyl (C=O) groups excluding carboxylic acids is 2. The van der Waals surface area contributed by atoms with E-state index in [0.29, 0.717) is 30.2 Å². The number of rotatable bonds is 3. The highest BCUT2D eigenvalue weighted by Gasteiger charge is 2.55. The fourth-order valence-corrected chi connectivity index (χ4v) is 3.79. The summed E-state index contributed by atoms with van der Waals surface area (Å²) in [6, 6.07) is 14.4. The molecule has 3 amide bonds. The number of aryl methyl sites for hydroxylation is 1. The van der Waals surface area contributed by atoms with E-state index in [-0.39, 0.29) is 18.3 Å². The van der Waals surface area contributed by atoms with Crippen LogP contribution in [-0.2, 0) is 16.9 Å². The van der Waals surface area contributed by atoms with Crippen molar-refractivity contribution in [3.63, 3.8) is 0 Å². The molecule has 3 aromatic rings. The molecule has 0 unspecified atom stereocenters. The van der Waals surface area contributed by atoms with Gasteiger partial charge in [-0.1, -0.05) is 41.1 Å². The zero-order valence-electron chi connectivity index (χ0n) is 15.7. The van der Waals surface area contributed by atoms with Crippen molar-refractivity contribution in [2.45, 2.75) is 25.4 Å². The number of nitrogens with zero attached hydrogens (tertiary/aromatic N) is 3. The van der Waals surface area contributed by atoms with Crippen LogP contribution in [0.4, 0.5) is 4.79 Å². The first-order valence-corrected chi connectivity index (χ1v) is 9.33. The molecule has 0 bridgehead atoms.